The van der Waals surface area contributed by atoms with Gasteiger partial charge in [0.1, 0.15) is 11.8 Å². The standard InChI is InChI=1S/C15H17N7O.2ClH/c16-13(23)15-20-12-10(14-18-8-19-21-14)4-1-5-11(12)22(15)9-3-2-6-17-7-9;;/h1,4-5,8-9,17H,2-3,6-7H2,(H2,16,23)(H,18,19,21);2*1H. The van der Waals surface area contributed by atoms with Crippen molar-refractivity contribution in [3.63, 3.8) is 0 Å². The minimum Gasteiger partial charge on any atom is -0.363 e. The molecule has 3 heterocycles. The van der Waals surface area contributed by atoms with Crippen LogP contribution in [0.2, 0.25) is 0 Å². The van der Waals surface area contributed by atoms with Gasteiger partial charge in [-0.1, -0.05) is 6.07 Å². The minimum atomic E-state index is -0.518. The predicted molar refractivity (Wildman–Crippen MR) is 99.3 cm³/mol. The Hall–Kier alpha value is -2.16. The highest BCUT2D eigenvalue weighted by molar-refractivity contribution is 5.98. The van der Waals surface area contributed by atoms with Crippen LogP contribution in [0.5, 0.6) is 0 Å². The summed E-state index contributed by atoms with van der Waals surface area (Å²) in [6.07, 6.45) is 3.57. The van der Waals surface area contributed by atoms with Crippen molar-refractivity contribution in [3.8, 4) is 11.4 Å². The predicted octanol–water partition coefficient (Wildman–Crippen LogP) is 1.69. The van der Waals surface area contributed by atoms with Gasteiger partial charge in [0.25, 0.3) is 5.91 Å². The van der Waals surface area contributed by atoms with E-state index >= 15 is 0 Å². The lowest BCUT2D eigenvalue weighted by Gasteiger charge is -2.25. The highest BCUT2D eigenvalue weighted by atomic mass is 35.5. The zero-order valence-electron chi connectivity index (χ0n) is 13.3. The summed E-state index contributed by atoms with van der Waals surface area (Å²) < 4.78 is 1.96. The molecule has 1 fully saturated rings. The van der Waals surface area contributed by atoms with Crippen molar-refractivity contribution in [3.05, 3.63) is 30.4 Å². The van der Waals surface area contributed by atoms with Crippen LogP contribution in [0.4, 0.5) is 0 Å². The second kappa shape index (κ2) is 7.81. The molecule has 8 nitrogen and oxygen atoms in total. The SMILES string of the molecule is Cl.Cl.NC(=O)c1nc2c(-c3nnc[nH]3)cccc2n1C1CCCNC1. The fraction of sp³-hybridized carbons (Fsp3) is 0.333. The number of imidazole rings is 1. The minimum absolute atomic E-state index is 0. The number of nitrogens with zero attached hydrogens (tertiary/aromatic N) is 4. The van der Waals surface area contributed by atoms with Crippen molar-refractivity contribution in [1.29, 1.82) is 0 Å². The Kier molecular flexibility index (Phi) is 5.99. The summed E-state index contributed by atoms with van der Waals surface area (Å²) in [5.41, 5.74) is 7.99. The zero-order chi connectivity index (χ0) is 15.8. The van der Waals surface area contributed by atoms with Gasteiger partial charge in [-0.25, -0.2) is 4.98 Å². The van der Waals surface area contributed by atoms with Crippen molar-refractivity contribution < 1.29 is 4.79 Å². The van der Waals surface area contributed by atoms with Gasteiger partial charge in [-0.3, -0.25) is 4.79 Å². The Morgan fingerprint density at radius 1 is 1.32 bits per heavy atom. The first-order chi connectivity index (χ1) is 11.3. The summed E-state index contributed by atoms with van der Waals surface area (Å²) in [5.74, 6) is 0.397. The molecule has 0 saturated carbocycles. The third kappa shape index (κ3) is 3.33. The lowest BCUT2D eigenvalue weighted by atomic mass is 10.1. The highest BCUT2D eigenvalue weighted by Crippen LogP contribution is 2.30. The Bertz CT molecular complexity index is 856. The number of nitrogens with one attached hydrogen (secondary N) is 2. The molecule has 1 amide bonds. The summed E-state index contributed by atoms with van der Waals surface area (Å²) in [4.78, 5) is 19.4. The number of hydrogen-bond donors (Lipinski definition) is 3. The summed E-state index contributed by atoms with van der Waals surface area (Å²) >= 11 is 0. The van der Waals surface area contributed by atoms with Crippen LogP contribution in [0.3, 0.4) is 0 Å². The van der Waals surface area contributed by atoms with E-state index in [0.717, 1.165) is 37.0 Å². The van der Waals surface area contributed by atoms with Gasteiger partial charge in [0.2, 0.25) is 0 Å². The van der Waals surface area contributed by atoms with Crippen molar-refractivity contribution in [2.45, 2.75) is 18.9 Å². The number of amides is 1. The molecule has 0 bridgehead atoms. The molecule has 2 aromatic heterocycles. The second-order valence-electron chi connectivity index (χ2n) is 5.68. The number of halogens is 2. The van der Waals surface area contributed by atoms with E-state index in [1.54, 1.807) is 0 Å². The number of benzene rings is 1. The molecule has 1 aliphatic rings. The average Bonchev–Trinajstić information content (AvgIpc) is 3.23. The van der Waals surface area contributed by atoms with Gasteiger partial charge in [-0.2, -0.15) is 0 Å². The van der Waals surface area contributed by atoms with E-state index in [4.69, 9.17) is 5.73 Å². The smallest absolute Gasteiger partial charge is 0.284 e. The Balaban J connectivity index is 0.00000113. The first kappa shape index (κ1) is 19.2. The maximum Gasteiger partial charge on any atom is 0.284 e. The molecule has 134 valence electrons. The van der Waals surface area contributed by atoms with Crippen LogP contribution < -0.4 is 11.1 Å². The van der Waals surface area contributed by atoms with Gasteiger partial charge in [-0.05, 0) is 31.5 Å². The van der Waals surface area contributed by atoms with E-state index in [9.17, 15) is 4.79 Å². The van der Waals surface area contributed by atoms with E-state index in [1.165, 1.54) is 6.33 Å². The lowest BCUT2D eigenvalue weighted by molar-refractivity contribution is 0.0983. The molecular formula is C15H19Cl2N7O. The lowest BCUT2D eigenvalue weighted by Crippen LogP contribution is -2.33. The number of nitrogens with two attached hydrogens (primary N) is 1. The van der Waals surface area contributed by atoms with Gasteiger partial charge in [0.15, 0.2) is 11.6 Å². The summed E-state index contributed by atoms with van der Waals surface area (Å²) in [6, 6.07) is 5.97. The van der Waals surface area contributed by atoms with Gasteiger partial charge in [-0.15, -0.1) is 35.0 Å². The molecule has 0 spiro atoms. The number of carbonyl (C=O) groups excluding carboxylic acids is 1. The number of piperidine rings is 1. The maximum atomic E-state index is 11.9. The maximum absolute atomic E-state index is 11.9. The second-order valence-corrected chi connectivity index (χ2v) is 5.68. The first-order valence-electron chi connectivity index (χ1n) is 7.63. The number of primary amides is 1. The van der Waals surface area contributed by atoms with E-state index in [0.29, 0.717) is 17.2 Å². The number of H-pyrrole nitrogens is 1. The zero-order valence-corrected chi connectivity index (χ0v) is 14.9. The molecule has 4 N–H and O–H groups in total. The van der Waals surface area contributed by atoms with Gasteiger partial charge in [0.05, 0.1) is 5.52 Å². The molecule has 1 saturated heterocycles. The molecule has 0 radical (unpaired) electrons. The van der Waals surface area contributed by atoms with Crippen LogP contribution in [-0.2, 0) is 0 Å². The number of aromatic amines is 1. The molecule has 1 aromatic carbocycles. The van der Waals surface area contributed by atoms with Gasteiger partial charge < -0.3 is 20.6 Å². The topological polar surface area (TPSA) is 115 Å². The molecule has 3 aromatic rings. The third-order valence-corrected chi connectivity index (χ3v) is 4.25. The van der Waals surface area contributed by atoms with Crippen LogP contribution in [0.1, 0.15) is 29.5 Å². The first-order valence-corrected chi connectivity index (χ1v) is 7.63. The van der Waals surface area contributed by atoms with Crippen LogP contribution in [0.15, 0.2) is 24.5 Å². The molecule has 1 unspecified atom stereocenters. The normalized spacial score (nSPS) is 16.9. The number of rotatable bonds is 3. The summed E-state index contributed by atoms with van der Waals surface area (Å²) in [5, 5.41) is 11.2. The van der Waals surface area contributed by atoms with Crippen molar-refractivity contribution in [2.75, 3.05) is 13.1 Å². The quantitative estimate of drug-likeness (QED) is 0.636. The molecule has 25 heavy (non-hydrogen) atoms. The Labute approximate surface area is 156 Å². The largest absolute Gasteiger partial charge is 0.363 e. The van der Waals surface area contributed by atoms with Crippen LogP contribution in [0, 0.1) is 0 Å². The van der Waals surface area contributed by atoms with Crippen LogP contribution in [0.25, 0.3) is 22.4 Å². The molecule has 1 aliphatic heterocycles. The van der Waals surface area contributed by atoms with Crippen LogP contribution in [-0.4, -0.2) is 43.7 Å². The molecule has 0 aliphatic carbocycles. The van der Waals surface area contributed by atoms with E-state index < -0.39 is 5.91 Å². The molecule has 4 rings (SSSR count). The third-order valence-electron chi connectivity index (χ3n) is 4.25. The fourth-order valence-electron chi connectivity index (χ4n) is 3.24. The number of hydrogen-bond acceptors (Lipinski definition) is 5. The number of aromatic nitrogens is 5. The molecular weight excluding hydrogens is 365 g/mol. The van der Waals surface area contributed by atoms with Crippen molar-refractivity contribution in [1.82, 2.24) is 30.0 Å². The number of para-hydroxylation sites is 1. The number of carbonyl (C=O) groups is 1. The molecule has 1 atom stereocenters. The van der Waals surface area contributed by atoms with E-state index in [-0.39, 0.29) is 30.9 Å². The molecule has 10 heteroatoms. The van der Waals surface area contributed by atoms with Gasteiger partial charge in [0, 0.05) is 18.2 Å². The Morgan fingerprint density at radius 2 is 2.16 bits per heavy atom. The Morgan fingerprint density at radius 3 is 2.80 bits per heavy atom. The summed E-state index contributed by atoms with van der Waals surface area (Å²) in [7, 11) is 0. The monoisotopic (exact) mass is 383 g/mol. The average molecular weight is 384 g/mol. The van der Waals surface area contributed by atoms with Crippen LogP contribution >= 0.6 is 24.8 Å². The number of fused-ring (bicyclic) bond motifs is 1. The van der Waals surface area contributed by atoms with E-state index in [1.807, 2.05) is 22.8 Å². The van der Waals surface area contributed by atoms with Gasteiger partial charge >= 0.3 is 0 Å². The van der Waals surface area contributed by atoms with E-state index in [2.05, 4.69) is 25.5 Å². The van der Waals surface area contributed by atoms with Crippen molar-refractivity contribution in [2.24, 2.45) is 5.73 Å². The fourth-order valence-corrected chi connectivity index (χ4v) is 3.24. The van der Waals surface area contributed by atoms with Crippen molar-refractivity contribution >= 4 is 41.8 Å². The highest BCUT2D eigenvalue weighted by Gasteiger charge is 2.25. The summed E-state index contributed by atoms with van der Waals surface area (Å²) in [6.45, 7) is 1.80.